The number of fused-ring (bicyclic) bond motifs is 8. The molecule has 268 valence electrons. The largest absolute Gasteiger partial charge is 0.312 e. The average Bonchev–Trinajstić information content (AvgIpc) is 3.55. The summed E-state index contributed by atoms with van der Waals surface area (Å²) >= 11 is 0. The van der Waals surface area contributed by atoms with Gasteiger partial charge >= 0.3 is 0 Å². The van der Waals surface area contributed by atoms with Crippen LogP contribution in [-0.4, -0.2) is 0 Å². The average molecular weight is 719 g/mol. The van der Waals surface area contributed by atoms with Gasteiger partial charge in [-0.25, -0.2) is 0 Å². The van der Waals surface area contributed by atoms with Gasteiger partial charge in [0.15, 0.2) is 0 Å². The van der Waals surface area contributed by atoms with Crippen molar-refractivity contribution in [3.05, 3.63) is 216 Å². The second-order valence-electron chi connectivity index (χ2n) is 15.5. The molecule has 4 aliphatic rings. The Morgan fingerprint density at radius 2 is 0.946 bits per heavy atom. The summed E-state index contributed by atoms with van der Waals surface area (Å²) in [4.78, 5) is 4.99. The Kier molecular flexibility index (Phi) is 7.95. The topological polar surface area (TPSA) is 6.48 Å². The van der Waals surface area contributed by atoms with Gasteiger partial charge in [-0.3, -0.25) is 0 Å². The fraction of sp³-hybridized carbons (Fsp3) is 0.111. The van der Waals surface area contributed by atoms with Gasteiger partial charge in [0.25, 0.3) is 0 Å². The van der Waals surface area contributed by atoms with Crippen molar-refractivity contribution in [2.24, 2.45) is 0 Å². The number of allylic oxidation sites excluding steroid dienone is 6. The van der Waals surface area contributed by atoms with Gasteiger partial charge in [0, 0.05) is 39.9 Å². The SMILES string of the molecule is C1=C2C(=CCC1)c1ccccc1N1C3=C2CCCC3c2cc(-c3ccc(N(c4ccc(-c5ccccc5)cc4)c4ccc(-c5ccccc5)cc4)cc3)ccc21. The molecule has 2 aliphatic heterocycles. The van der Waals surface area contributed by atoms with Crippen molar-refractivity contribution < 1.29 is 0 Å². The third-order valence-corrected chi connectivity index (χ3v) is 12.3. The van der Waals surface area contributed by atoms with E-state index in [2.05, 4.69) is 198 Å². The molecule has 2 heteroatoms. The maximum absolute atomic E-state index is 2.63. The molecule has 0 radical (unpaired) electrons. The zero-order chi connectivity index (χ0) is 37.0. The van der Waals surface area contributed by atoms with Gasteiger partial charge < -0.3 is 9.80 Å². The van der Waals surface area contributed by atoms with Crippen LogP contribution < -0.4 is 9.80 Å². The van der Waals surface area contributed by atoms with E-state index in [1.54, 1.807) is 5.57 Å². The van der Waals surface area contributed by atoms with Crippen molar-refractivity contribution in [1.29, 1.82) is 0 Å². The molecule has 1 unspecified atom stereocenters. The highest BCUT2D eigenvalue weighted by atomic mass is 15.2. The molecule has 0 N–H and O–H groups in total. The molecule has 0 saturated carbocycles. The van der Waals surface area contributed by atoms with Crippen molar-refractivity contribution in [3.8, 4) is 33.4 Å². The lowest BCUT2D eigenvalue weighted by Gasteiger charge is -2.29. The zero-order valence-electron chi connectivity index (χ0n) is 31.4. The predicted octanol–water partition coefficient (Wildman–Crippen LogP) is 14.9. The summed E-state index contributed by atoms with van der Waals surface area (Å²) in [6.45, 7) is 0. The zero-order valence-corrected chi connectivity index (χ0v) is 31.4. The molecule has 0 spiro atoms. The summed E-state index contributed by atoms with van der Waals surface area (Å²) in [7, 11) is 0. The van der Waals surface area contributed by atoms with E-state index in [9.17, 15) is 0 Å². The van der Waals surface area contributed by atoms with Crippen LogP contribution in [0, 0.1) is 0 Å². The van der Waals surface area contributed by atoms with E-state index in [-0.39, 0.29) is 0 Å². The summed E-state index contributed by atoms with van der Waals surface area (Å²) < 4.78 is 0. The van der Waals surface area contributed by atoms with Gasteiger partial charge in [-0.15, -0.1) is 0 Å². The van der Waals surface area contributed by atoms with Crippen LogP contribution in [0.3, 0.4) is 0 Å². The van der Waals surface area contributed by atoms with Crippen LogP contribution in [0.2, 0.25) is 0 Å². The molecule has 0 saturated heterocycles. The summed E-state index contributed by atoms with van der Waals surface area (Å²) in [6, 6.07) is 64.6. The number of hydrogen-bond acceptors (Lipinski definition) is 2. The van der Waals surface area contributed by atoms with Crippen molar-refractivity contribution >= 4 is 34.0 Å². The molecule has 1 atom stereocenters. The third kappa shape index (κ3) is 5.47. The van der Waals surface area contributed by atoms with Crippen LogP contribution >= 0.6 is 0 Å². The number of hydrogen-bond donors (Lipinski definition) is 0. The van der Waals surface area contributed by atoms with Crippen molar-refractivity contribution in [2.75, 3.05) is 9.80 Å². The number of benzene rings is 7. The van der Waals surface area contributed by atoms with E-state index >= 15 is 0 Å². The number of para-hydroxylation sites is 1. The number of nitrogens with zero attached hydrogens (tertiary/aromatic N) is 2. The van der Waals surface area contributed by atoms with Crippen LogP contribution in [-0.2, 0) is 0 Å². The van der Waals surface area contributed by atoms with E-state index in [4.69, 9.17) is 0 Å². The first-order valence-electron chi connectivity index (χ1n) is 20.2. The van der Waals surface area contributed by atoms with Gasteiger partial charge in [0.05, 0.1) is 5.69 Å². The molecular weight excluding hydrogens is 677 g/mol. The van der Waals surface area contributed by atoms with Crippen molar-refractivity contribution in [2.45, 2.75) is 38.0 Å². The first-order chi connectivity index (χ1) is 27.8. The highest BCUT2D eigenvalue weighted by Crippen LogP contribution is 2.59. The highest BCUT2D eigenvalue weighted by molar-refractivity contribution is 5.97. The smallest absolute Gasteiger partial charge is 0.0537 e. The molecule has 11 rings (SSSR count). The molecule has 0 amide bonds. The van der Waals surface area contributed by atoms with Crippen molar-refractivity contribution in [3.63, 3.8) is 0 Å². The van der Waals surface area contributed by atoms with Crippen LogP contribution in [0.25, 0.3) is 39.0 Å². The van der Waals surface area contributed by atoms with Gasteiger partial charge in [0.2, 0.25) is 0 Å². The van der Waals surface area contributed by atoms with E-state index in [1.165, 1.54) is 85.6 Å². The third-order valence-electron chi connectivity index (χ3n) is 12.3. The molecule has 2 heterocycles. The molecule has 7 aromatic carbocycles. The van der Waals surface area contributed by atoms with E-state index < -0.39 is 0 Å². The van der Waals surface area contributed by atoms with E-state index in [0.29, 0.717) is 5.92 Å². The monoisotopic (exact) mass is 718 g/mol. The fourth-order valence-corrected chi connectivity index (χ4v) is 9.66. The first kappa shape index (κ1) is 32.8. The number of rotatable bonds is 6. The van der Waals surface area contributed by atoms with Crippen LogP contribution in [0.5, 0.6) is 0 Å². The Hall–Kier alpha value is -6.64. The molecule has 0 fully saturated rings. The molecule has 0 bridgehead atoms. The highest BCUT2D eigenvalue weighted by Gasteiger charge is 2.42. The maximum atomic E-state index is 2.63. The minimum absolute atomic E-state index is 0.413. The summed E-state index contributed by atoms with van der Waals surface area (Å²) in [6.07, 6.45) is 10.8. The second-order valence-corrected chi connectivity index (χ2v) is 15.5. The van der Waals surface area contributed by atoms with Crippen LogP contribution in [0.1, 0.15) is 49.1 Å². The minimum Gasteiger partial charge on any atom is -0.312 e. The van der Waals surface area contributed by atoms with Crippen LogP contribution in [0.15, 0.2) is 205 Å². The van der Waals surface area contributed by atoms with E-state index in [0.717, 1.165) is 36.3 Å². The predicted molar refractivity (Wildman–Crippen MR) is 235 cm³/mol. The second kappa shape index (κ2) is 13.6. The minimum atomic E-state index is 0.413. The standard InChI is InChI=1S/C54H42N2/c1-3-12-37(13-4-1)39-22-29-43(30-23-39)55(44-31-24-40(25-32-44)38-14-5-2-6-15-38)45-33-26-41(27-34-45)42-28-35-53-51(36-42)50-20-11-19-49-47-17-8-7-16-46(47)48-18-9-10-21-52(48)56(53)54(49)50/h1-6,9-10,12-18,21-36,50H,7-8,11,19-20H2. The molecular formula is C54H42N2. The molecule has 7 aromatic rings. The quantitative estimate of drug-likeness (QED) is 0.169. The van der Waals surface area contributed by atoms with Gasteiger partial charge in [-0.2, -0.15) is 0 Å². The number of anilines is 5. The Morgan fingerprint density at radius 1 is 0.446 bits per heavy atom. The summed E-state index contributed by atoms with van der Waals surface area (Å²) in [5.41, 5.74) is 22.3. The van der Waals surface area contributed by atoms with Gasteiger partial charge in [-0.05, 0) is 142 Å². The Labute approximate surface area is 330 Å². The van der Waals surface area contributed by atoms with E-state index in [1.807, 2.05) is 0 Å². The fourth-order valence-electron chi connectivity index (χ4n) is 9.66. The van der Waals surface area contributed by atoms with Gasteiger partial charge in [-0.1, -0.05) is 133 Å². The normalized spacial score (nSPS) is 16.5. The Morgan fingerprint density at radius 3 is 1.55 bits per heavy atom. The summed E-state index contributed by atoms with van der Waals surface area (Å²) in [5.74, 6) is 0.413. The Bertz CT molecular complexity index is 2600. The lowest BCUT2D eigenvalue weighted by Crippen LogP contribution is -2.18. The lowest BCUT2D eigenvalue weighted by molar-refractivity contribution is 0.617. The molecule has 0 aromatic heterocycles. The lowest BCUT2D eigenvalue weighted by atomic mass is 9.78. The first-order valence-corrected chi connectivity index (χ1v) is 20.2. The maximum Gasteiger partial charge on any atom is 0.0537 e. The molecule has 56 heavy (non-hydrogen) atoms. The van der Waals surface area contributed by atoms with Gasteiger partial charge in [0.1, 0.15) is 0 Å². The molecule has 2 nitrogen and oxygen atoms in total. The van der Waals surface area contributed by atoms with Crippen LogP contribution in [0.4, 0.5) is 28.4 Å². The Balaban J connectivity index is 0.966. The molecule has 2 aliphatic carbocycles. The van der Waals surface area contributed by atoms with Crippen molar-refractivity contribution in [1.82, 2.24) is 0 Å². The summed E-state index contributed by atoms with van der Waals surface area (Å²) in [5, 5.41) is 0.